The molecule has 0 bridgehead atoms. The summed E-state index contributed by atoms with van der Waals surface area (Å²) in [6.07, 6.45) is 2.71. The van der Waals surface area contributed by atoms with E-state index < -0.39 is 0 Å². The highest BCUT2D eigenvalue weighted by molar-refractivity contribution is 5.82. The van der Waals surface area contributed by atoms with Gasteiger partial charge in [0.15, 0.2) is 5.96 Å². The lowest BCUT2D eigenvalue weighted by Crippen LogP contribution is -2.38. The molecule has 0 spiro atoms. The molecule has 0 radical (unpaired) electrons. The normalized spacial score (nSPS) is 11.5. The van der Waals surface area contributed by atoms with Crippen molar-refractivity contribution in [2.75, 3.05) is 33.9 Å². The third kappa shape index (κ3) is 5.94. The number of nitrogens with one attached hydrogen (secondary N) is 2. The Morgan fingerprint density at radius 1 is 1.03 bits per heavy atom. The molecule has 0 aliphatic heterocycles. The monoisotopic (exact) mass is 406 g/mol. The summed E-state index contributed by atoms with van der Waals surface area (Å²) in [4.78, 5) is 8.86. The number of aliphatic imine (C=N–C) groups is 1. The summed E-state index contributed by atoms with van der Waals surface area (Å²) >= 11 is 0. The number of aromatic nitrogens is 1. The standard InChI is InChI=1S/C24H30N4O2/c1-18-9-10-21(22(16-18)30-15-14-29-3)17-28-24(25-2)27-13-11-20-7-4-6-19-8-5-12-26-23(19)20/h4-10,12,16H,11,13-15,17H2,1-3H3,(H2,25,27,28). The van der Waals surface area contributed by atoms with Gasteiger partial charge in [-0.1, -0.05) is 36.4 Å². The number of benzene rings is 2. The molecule has 0 aliphatic carbocycles. The molecule has 2 N–H and O–H groups in total. The fraction of sp³-hybridized carbons (Fsp3) is 0.333. The number of hydrogen-bond donors (Lipinski definition) is 2. The molecule has 0 unspecified atom stereocenters. The molecule has 0 atom stereocenters. The van der Waals surface area contributed by atoms with Crippen LogP contribution in [0.25, 0.3) is 10.9 Å². The molecular formula is C24H30N4O2. The third-order valence-corrected chi connectivity index (χ3v) is 4.84. The van der Waals surface area contributed by atoms with Crippen molar-refractivity contribution in [3.63, 3.8) is 0 Å². The Hall–Kier alpha value is -3.12. The molecule has 0 fully saturated rings. The number of rotatable bonds is 9. The second-order valence-corrected chi connectivity index (χ2v) is 7.05. The van der Waals surface area contributed by atoms with Crippen molar-refractivity contribution in [2.45, 2.75) is 19.9 Å². The van der Waals surface area contributed by atoms with Crippen LogP contribution in [0.4, 0.5) is 0 Å². The van der Waals surface area contributed by atoms with Gasteiger partial charge in [-0.15, -0.1) is 0 Å². The largest absolute Gasteiger partial charge is 0.491 e. The molecule has 0 aliphatic rings. The smallest absolute Gasteiger partial charge is 0.191 e. The summed E-state index contributed by atoms with van der Waals surface area (Å²) in [5.74, 6) is 1.63. The summed E-state index contributed by atoms with van der Waals surface area (Å²) < 4.78 is 11.0. The lowest BCUT2D eigenvalue weighted by molar-refractivity contribution is 0.145. The van der Waals surface area contributed by atoms with Gasteiger partial charge in [0.1, 0.15) is 12.4 Å². The van der Waals surface area contributed by atoms with Gasteiger partial charge in [0, 0.05) is 44.4 Å². The fourth-order valence-electron chi connectivity index (χ4n) is 3.26. The highest BCUT2D eigenvalue weighted by Crippen LogP contribution is 2.20. The first-order valence-corrected chi connectivity index (χ1v) is 10.2. The zero-order chi connectivity index (χ0) is 21.2. The zero-order valence-corrected chi connectivity index (χ0v) is 17.9. The van der Waals surface area contributed by atoms with Gasteiger partial charge in [0.2, 0.25) is 0 Å². The van der Waals surface area contributed by atoms with Gasteiger partial charge in [0.25, 0.3) is 0 Å². The van der Waals surface area contributed by atoms with Crippen LogP contribution in [-0.2, 0) is 17.7 Å². The Morgan fingerprint density at radius 3 is 2.73 bits per heavy atom. The van der Waals surface area contributed by atoms with Crippen LogP contribution in [0.15, 0.2) is 59.7 Å². The van der Waals surface area contributed by atoms with Gasteiger partial charge in [0.05, 0.1) is 12.1 Å². The highest BCUT2D eigenvalue weighted by Gasteiger charge is 2.07. The Bertz CT molecular complexity index is 983. The number of para-hydroxylation sites is 1. The third-order valence-electron chi connectivity index (χ3n) is 4.84. The molecule has 1 heterocycles. The van der Waals surface area contributed by atoms with E-state index in [0.717, 1.165) is 46.7 Å². The van der Waals surface area contributed by atoms with E-state index >= 15 is 0 Å². The number of fused-ring (bicyclic) bond motifs is 1. The molecule has 158 valence electrons. The number of pyridine rings is 1. The first kappa shape index (κ1) is 21.6. The maximum Gasteiger partial charge on any atom is 0.191 e. The van der Waals surface area contributed by atoms with Crippen molar-refractivity contribution in [3.8, 4) is 5.75 Å². The van der Waals surface area contributed by atoms with Crippen LogP contribution in [0.1, 0.15) is 16.7 Å². The molecular weight excluding hydrogens is 376 g/mol. The molecule has 0 amide bonds. The lowest BCUT2D eigenvalue weighted by atomic mass is 10.1. The van der Waals surface area contributed by atoms with Gasteiger partial charge in [-0.25, -0.2) is 0 Å². The van der Waals surface area contributed by atoms with Crippen LogP contribution >= 0.6 is 0 Å². The Balaban J connectivity index is 1.55. The van der Waals surface area contributed by atoms with Gasteiger partial charge in [-0.3, -0.25) is 9.98 Å². The molecule has 6 heteroatoms. The lowest BCUT2D eigenvalue weighted by Gasteiger charge is -2.15. The molecule has 2 aromatic carbocycles. The van der Waals surface area contributed by atoms with Gasteiger partial charge in [-0.2, -0.15) is 0 Å². The Kier molecular flexibility index (Phi) is 8.03. The van der Waals surface area contributed by atoms with Gasteiger partial charge < -0.3 is 20.1 Å². The van der Waals surface area contributed by atoms with E-state index in [-0.39, 0.29) is 0 Å². The van der Waals surface area contributed by atoms with E-state index in [1.807, 2.05) is 12.3 Å². The van der Waals surface area contributed by atoms with E-state index in [9.17, 15) is 0 Å². The second-order valence-electron chi connectivity index (χ2n) is 7.05. The van der Waals surface area contributed by atoms with E-state index in [2.05, 4.69) is 70.0 Å². The van der Waals surface area contributed by atoms with Crippen LogP contribution in [-0.4, -0.2) is 44.9 Å². The van der Waals surface area contributed by atoms with Crippen LogP contribution in [0, 0.1) is 6.92 Å². The fourth-order valence-corrected chi connectivity index (χ4v) is 3.26. The average Bonchev–Trinajstić information content (AvgIpc) is 2.77. The maximum atomic E-state index is 5.87. The minimum absolute atomic E-state index is 0.527. The van der Waals surface area contributed by atoms with Gasteiger partial charge in [-0.05, 0) is 36.6 Å². The number of guanidine groups is 1. The Labute approximate surface area is 178 Å². The van der Waals surface area contributed by atoms with Crippen LogP contribution in [0.3, 0.4) is 0 Å². The number of nitrogens with zero attached hydrogens (tertiary/aromatic N) is 2. The summed E-state index contributed by atoms with van der Waals surface area (Å²) in [6.45, 7) is 4.54. The van der Waals surface area contributed by atoms with E-state index in [1.165, 1.54) is 5.56 Å². The first-order chi connectivity index (χ1) is 14.7. The summed E-state index contributed by atoms with van der Waals surface area (Å²) in [5.41, 5.74) is 4.53. The SMILES string of the molecule is CN=C(NCCc1cccc2cccnc12)NCc1ccc(C)cc1OCCOC. The van der Waals surface area contributed by atoms with E-state index in [0.29, 0.717) is 19.8 Å². The van der Waals surface area contributed by atoms with Crippen molar-refractivity contribution in [3.05, 3.63) is 71.4 Å². The van der Waals surface area contributed by atoms with E-state index in [1.54, 1.807) is 14.2 Å². The number of hydrogen-bond acceptors (Lipinski definition) is 4. The highest BCUT2D eigenvalue weighted by atomic mass is 16.5. The molecule has 0 saturated carbocycles. The van der Waals surface area contributed by atoms with Crippen molar-refractivity contribution >= 4 is 16.9 Å². The minimum atomic E-state index is 0.527. The van der Waals surface area contributed by atoms with Crippen molar-refractivity contribution in [1.29, 1.82) is 0 Å². The van der Waals surface area contributed by atoms with Gasteiger partial charge >= 0.3 is 0 Å². The minimum Gasteiger partial charge on any atom is -0.491 e. The van der Waals surface area contributed by atoms with Crippen LogP contribution in [0.2, 0.25) is 0 Å². The topological polar surface area (TPSA) is 67.8 Å². The molecule has 3 rings (SSSR count). The maximum absolute atomic E-state index is 5.87. The molecule has 0 saturated heterocycles. The van der Waals surface area contributed by atoms with Crippen molar-refractivity contribution < 1.29 is 9.47 Å². The molecule has 3 aromatic rings. The first-order valence-electron chi connectivity index (χ1n) is 10.2. The summed E-state index contributed by atoms with van der Waals surface area (Å²) in [6, 6.07) is 16.6. The molecule has 30 heavy (non-hydrogen) atoms. The quantitative estimate of drug-likeness (QED) is 0.324. The van der Waals surface area contributed by atoms with E-state index in [4.69, 9.17) is 9.47 Å². The summed E-state index contributed by atoms with van der Waals surface area (Å²) in [5, 5.41) is 7.92. The number of ether oxygens (including phenoxy) is 2. The van der Waals surface area contributed by atoms with Crippen LogP contribution < -0.4 is 15.4 Å². The average molecular weight is 407 g/mol. The number of aryl methyl sites for hydroxylation is 1. The predicted octanol–water partition coefficient (Wildman–Crippen LogP) is 3.48. The second kappa shape index (κ2) is 11.2. The Morgan fingerprint density at radius 2 is 1.90 bits per heavy atom. The van der Waals surface area contributed by atoms with Crippen molar-refractivity contribution in [2.24, 2.45) is 4.99 Å². The molecule has 1 aromatic heterocycles. The zero-order valence-electron chi connectivity index (χ0n) is 17.9. The van der Waals surface area contributed by atoms with Crippen LogP contribution in [0.5, 0.6) is 5.75 Å². The predicted molar refractivity (Wildman–Crippen MR) is 122 cm³/mol. The molecule has 6 nitrogen and oxygen atoms in total. The number of methoxy groups -OCH3 is 1. The van der Waals surface area contributed by atoms with Crippen molar-refractivity contribution in [1.82, 2.24) is 15.6 Å². The summed E-state index contributed by atoms with van der Waals surface area (Å²) in [7, 11) is 3.45.